The molecule has 6 nitrogen and oxygen atoms in total. The zero-order valence-electron chi connectivity index (χ0n) is 18.2. The maximum absolute atomic E-state index is 6.46. The highest BCUT2D eigenvalue weighted by atomic mass is 27.3. The van der Waals surface area contributed by atoms with Crippen molar-refractivity contribution >= 4 is 48.7 Å². The Morgan fingerprint density at radius 3 is 1.88 bits per heavy atom. The molecule has 1 N–H and O–H groups in total. The fourth-order valence-electron chi connectivity index (χ4n) is 4.05. The second-order valence-corrected chi connectivity index (χ2v) is 9.09. The number of fused-ring (bicyclic) bond motifs is 3. The van der Waals surface area contributed by atoms with Crippen LogP contribution >= 0.6 is 0 Å². The first-order valence-electron chi connectivity index (χ1n) is 11.1. The number of nitrogens with one attached hydrogen (secondary N) is 1. The molecule has 0 atom stereocenters. The van der Waals surface area contributed by atoms with E-state index in [0.717, 1.165) is 39.6 Å². The smallest absolute Gasteiger partial charge is 0.576 e. The van der Waals surface area contributed by atoms with Crippen molar-refractivity contribution in [3.05, 3.63) is 103 Å². The fraction of sp³-hybridized carbons (Fsp3) is 0.0370. The second kappa shape index (κ2) is 9.07. The maximum Gasteiger partial charge on any atom is 1.20 e. The molecule has 0 saturated heterocycles. The third kappa shape index (κ3) is 4.03. The van der Waals surface area contributed by atoms with E-state index >= 15 is 0 Å². The molecule has 0 amide bonds. The van der Waals surface area contributed by atoms with Crippen molar-refractivity contribution in [2.24, 2.45) is 0 Å². The molecule has 7 heteroatoms. The molecule has 0 saturated carbocycles. The van der Waals surface area contributed by atoms with Gasteiger partial charge in [-0.25, -0.2) is 0 Å². The van der Waals surface area contributed by atoms with Crippen LogP contribution in [0.4, 0.5) is 5.69 Å². The highest BCUT2D eigenvalue weighted by Gasteiger charge is 2.46. The van der Waals surface area contributed by atoms with Crippen molar-refractivity contribution in [2.45, 2.75) is 0 Å². The van der Waals surface area contributed by atoms with Crippen LogP contribution in [0.5, 0.6) is 17.2 Å². The Morgan fingerprint density at radius 2 is 1.21 bits per heavy atom. The van der Waals surface area contributed by atoms with Crippen LogP contribution in [0.3, 0.4) is 0 Å². The van der Waals surface area contributed by atoms with Crippen LogP contribution < -0.4 is 16.7 Å². The van der Waals surface area contributed by atoms with E-state index in [1.807, 2.05) is 78.9 Å². The summed E-state index contributed by atoms with van der Waals surface area (Å²) in [6, 6.07) is 25.5. The lowest BCUT2D eigenvalue weighted by Gasteiger charge is -2.22. The van der Waals surface area contributed by atoms with Crippen molar-refractivity contribution in [2.75, 3.05) is 11.9 Å². The molecule has 164 valence electrons. The van der Waals surface area contributed by atoms with E-state index in [-0.39, 0.29) is 0 Å². The van der Waals surface area contributed by atoms with Gasteiger partial charge in [0.25, 0.3) is 0 Å². The van der Waals surface area contributed by atoms with Crippen LogP contribution in [0.25, 0.3) is 27.9 Å². The zero-order valence-corrected chi connectivity index (χ0v) is 19.4. The molecule has 2 aromatic heterocycles. The van der Waals surface area contributed by atoms with Crippen LogP contribution in [-0.4, -0.2) is 31.7 Å². The summed E-state index contributed by atoms with van der Waals surface area (Å²) in [7, 11) is 0. The highest BCUT2D eigenvalue weighted by molar-refractivity contribution is 6.40. The topological polar surface area (TPSA) is 65.5 Å². The first-order chi connectivity index (χ1) is 16.8. The van der Waals surface area contributed by atoms with Gasteiger partial charge in [-0.15, -0.1) is 0 Å². The summed E-state index contributed by atoms with van der Waals surface area (Å²) >= 11 is -2.82. The van der Waals surface area contributed by atoms with Crippen molar-refractivity contribution in [1.29, 1.82) is 0 Å². The van der Waals surface area contributed by atoms with Gasteiger partial charge in [0.15, 0.2) is 0 Å². The number of para-hydroxylation sites is 3. The maximum atomic E-state index is 6.46. The molecule has 0 spiro atoms. The van der Waals surface area contributed by atoms with Gasteiger partial charge in [-0.05, 0) is 30.3 Å². The fourth-order valence-corrected chi connectivity index (χ4v) is 5.39. The number of hydrogen-bond acceptors (Lipinski definition) is 6. The Balaban J connectivity index is 1.40. The largest absolute Gasteiger partial charge is 1.20 e. The molecule has 0 unspecified atom stereocenters. The standard InChI is InChI=1S/C9H9NO.2C9H7NO.Al/c3*11-8-5-1-3-7-4-2-6-10-9(7)8;/h1-5,10-11H,6H2;2*1-6,11H;/q;;;+3/p-3. The van der Waals surface area contributed by atoms with Gasteiger partial charge in [0, 0.05) is 35.3 Å². The number of benzene rings is 3. The van der Waals surface area contributed by atoms with Crippen molar-refractivity contribution in [1.82, 2.24) is 9.97 Å². The molecule has 34 heavy (non-hydrogen) atoms. The zero-order chi connectivity index (χ0) is 22.7. The van der Waals surface area contributed by atoms with E-state index in [1.54, 1.807) is 12.4 Å². The summed E-state index contributed by atoms with van der Waals surface area (Å²) in [5.74, 6) is 1.95. The van der Waals surface area contributed by atoms with Gasteiger partial charge in [0.1, 0.15) is 28.3 Å². The van der Waals surface area contributed by atoms with Gasteiger partial charge < -0.3 is 16.7 Å². The van der Waals surface area contributed by atoms with E-state index in [9.17, 15) is 0 Å². The molecule has 0 aliphatic carbocycles. The lowest BCUT2D eigenvalue weighted by molar-refractivity contribution is 0.310. The summed E-state index contributed by atoms with van der Waals surface area (Å²) < 4.78 is 19.3. The molecule has 0 radical (unpaired) electrons. The predicted octanol–water partition coefficient (Wildman–Crippen LogP) is 5.74. The molecule has 0 bridgehead atoms. The average Bonchev–Trinajstić information content (AvgIpc) is 2.89. The number of aromatic nitrogens is 2. The van der Waals surface area contributed by atoms with E-state index in [1.165, 1.54) is 0 Å². The first-order valence-corrected chi connectivity index (χ1v) is 12.5. The second-order valence-electron chi connectivity index (χ2n) is 7.81. The van der Waals surface area contributed by atoms with E-state index in [4.69, 9.17) is 11.4 Å². The molecular formula is C27H20AlN3O3. The summed E-state index contributed by atoms with van der Waals surface area (Å²) in [5.41, 5.74) is 3.53. The molecule has 3 heterocycles. The van der Waals surface area contributed by atoms with Crippen molar-refractivity contribution in [3.8, 4) is 17.2 Å². The van der Waals surface area contributed by atoms with Gasteiger partial charge in [-0.2, -0.15) is 0 Å². The minimum atomic E-state index is -2.82. The van der Waals surface area contributed by atoms with Gasteiger partial charge in [-0.1, -0.05) is 60.7 Å². The molecule has 0 fully saturated rings. The van der Waals surface area contributed by atoms with Crippen LogP contribution in [-0.2, 0) is 0 Å². The first kappa shape index (κ1) is 20.6. The van der Waals surface area contributed by atoms with Crippen LogP contribution in [0.1, 0.15) is 5.56 Å². The Morgan fingerprint density at radius 1 is 0.647 bits per heavy atom. The van der Waals surface area contributed by atoms with Crippen molar-refractivity contribution < 1.29 is 11.4 Å². The third-order valence-corrected chi connectivity index (χ3v) is 6.95. The highest BCUT2D eigenvalue weighted by Crippen LogP contribution is 2.33. The third-order valence-electron chi connectivity index (χ3n) is 5.61. The molecule has 6 rings (SSSR count). The molecule has 1 aliphatic heterocycles. The normalized spacial score (nSPS) is 12.1. The van der Waals surface area contributed by atoms with Gasteiger partial charge in [0.05, 0.1) is 5.69 Å². The minimum Gasteiger partial charge on any atom is -0.576 e. The van der Waals surface area contributed by atoms with Crippen LogP contribution in [0, 0.1) is 0 Å². The van der Waals surface area contributed by atoms with Crippen LogP contribution in [0.2, 0.25) is 0 Å². The lowest BCUT2D eigenvalue weighted by atomic mass is 10.1. The quantitative estimate of drug-likeness (QED) is 0.325. The average molecular weight is 461 g/mol. The summed E-state index contributed by atoms with van der Waals surface area (Å²) in [5, 5.41) is 5.38. The molecule has 1 aliphatic rings. The number of nitrogens with zero attached hydrogens (tertiary/aromatic N) is 2. The Hall–Kier alpha value is -4.05. The summed E-state index contributed by atoms with van der Waals surface area (Å²) in [6.07, 6.45) is 7.68. The van der Waals surface area contributed by atoms with E-state index in [0.29, 0.717) is 17.2 Å². The Labute approximate surface area is 201 Å². The number of rotatable bonds is 6. The molecular weight excluding hydrogens is 441 g/mol. The SMILES string of the molecule is C1=Cc2cccc([O][Al]([O]c3cccc4cccnc34)[O]c3cccc4cccnc34)c2NC1. The summed E-state index contributed by atoms with van der Waals surface area (Å²) in [4.78, 5) is 9.04. The molecule has 5 aromatic rings. The minimum absolute atomic E-state index is 0.626. The van der Waals surface area contributed by atoms with Gasteiger partial charge in [-0.3, -0.25) is 9.97 Å². The summed E-state index contributed by atoms with van der Waals surface area (Å²) in [6.45, 7) is 0.738. The Kier molecular flexibility index (Phi) is 5.48. The number of pyridine rings is 2. The van der Waals surface area contributed by atoms with Gasteiger partial charge in [0.2, 0.25) is 0 Å². The lowest BCUT2D eigenvalue weighted by Crippen LogP contribution is -2.37. The number of hydrogen-bond donors (Lipinski definition) is 1. The van der Waals surface area contributed by atoms with E-state index in [2.05, 4.69) is 27.4 Å². The van der Waals surface area contributed by atoms with E-state index < -0.39 is 15.1 Å². The van der Waals surface area contributed by atoms with Crippen molar-refractivity contribution in [3.63, 3.8) is 0 Å². The molecule has 3 aromatic carbocycles. The monoisotopic (exact) mass is 461 g/mol. The Bertz CT molecular complexity index is 1430. The predicted molar refractivity (Wildman–Crippen MR) is 135 cm³/mol. The number of anilines is 1. The van der Waals surface area contributed by atoms with Gasteiger partial charge >= 0.3 is 15.1 Å². The van der Waals surface area contributed by atoms with Crippen LogP contribution in [0.15, 0.2) is 97.3 Å².